The Kier molecular flexibility index (Phi) is 4.27. The zero-order valence-corrected chi connectivity index (χ0v) is 9.75. The maximum absolute atomic E-state index is 10.7. The number of aliphatic carboxylic acids is 2. The highest BCUT2D eigenvalue weighted by Crippen LogP contribution is 2.21. The molecule has 0 aliphatic rings. The maximum Gasteiger partial charge on any atom is 0.323 e. The van der Waals surface area contributed by atoms with Crippen molar-refractivity contribution in [2.24, 2.45) is 0 Å². The summed E-state index contributed by atoms with van der Waals surface area (Å²) >= 11 is 0. The summed E-state index contributed by atoms with van der Waals surface area (Å²) in [4.78, 5) is 22.6. The molecule has 0 bridgehead atoms. The van der Waals surface area contributed by atoms with E-state index in [1.165, 1.54) is 0 Å². The molecule has 94 valence electrons. The average Bonchev–Trinajstić information content (AvgIpc) is 2.26. The van der Waals surface area contributed by atoms with Crippen LogP contribution in [-0.4, -0.2) is 35.2 Å². The van der Waals surface area contributed by atoms with Crippen LogP contribution in [-0.2, 0) is 9.59 Å². The monoisotopic (exact) mass is 248 g/mol. The van der Waals surface area contributed by atoms with Crippen LogP contribution < -0.4 is 4.90 Å². The standard InChI is InChI=1S/C12H12N2O4/c1-8-2-3-9(5-13)10(4-8)14(6-11(15)16)7-12(17)18/h2-4H,6-7H2,1H3,(H,15,16)(H,17,18). The van der Waals surface area contributed by atoms with Crippen molar-refractivity contribution in [2.75, 3.05) is 18.0 Å². The van der Waals surface area contributed by atoms with Gasteiger partial charge in [0.2, 0.25) is 0 Å². The summed E-state index contributed by atoms with van der Waals surface area (Å²) in [6.45, 7) is 0.846. The van der Waals surface area contributed by atoms with Gasteiger partial charge in [0.1, 0.15) is 19.2 Å². The molecule has 0 fully saturated rings. The zero-order chi connectivity index (χ0) is 13.7. The molecule has 1 aromatic rings. The highest BCUT2D eigenvalue weighted by atomic mass is 16.4. The Morgan fingerprint density at radius 1 is 1.28 bits per heavy atom. The Balaban J connectivity index is 3.18. The number of rotatable bonds is 5. The average molecular weight is 248 g/mol. The Hall–Kier alpha value is -2.55. The Morgan fingerprint density at radius 2 is 1.83 bits per heavy atom. The van der Waals surface area contributed by atoms with Gasteiger partial charge in [0.05, 0.1) is 11.3 Å². The van der Waals surface area contributed by atoms with Crippen molar-refractivity contribution in [1.29, 1.82) is 5.26 Å². The van der Waals surface area contributed by atoms with Gasteiger partial charge >= 0.3 is 11.9 Å². The number of nitriles is 1. The van der Waals surface area contributed by atoms with Crippen molar-refractivity contribution in [2.45, 2.75) is 6.92 Å². The lowest BCUT2D eigenvalue weighted by Gasteiger charge is -2.22. The van der Waals surface area contributed by atoms with Gasteiger partial charge in [-0.2, -0.15) is 5.26 Å². The molecule has 0 saturated heterocycles. The number of aryl methyl sites for hydroxylation is 1. The molecule has 0 unspecified atom stereocenters. The molecule has 0 aromatic heterocycles. The van der Waals surface area contributed by atoms with Gasteiger partial charge in [-0.1, -0.05) is 6.07 Å². The SMILES string of the molecule is Cc1ccc(C#N)c(N(CC(=O)O)CC(=O)O)c1. The van der Waals surface area contributed by atoms with Crippen molar-refractivity contribution in [3.05, 3.63) is 29.3 Å². The van der Waals surface area contributed by atoms with Crippen molar-refractivity contribution in [1.82, 2.24) is 0 Å². The van der Waals surface area contributed by atoms with Crippen LogP contribution in [0, 0.1) is 18.3 Å². The van der Waals surface area contributed by atoms with E-state index in [0.29, 0.717) is 5.69 Å². The molecule has 0 radical (unpaired) electrons. The fourth-order valence-electron chi connectivity index (χ4n) is 1.55. The first-order chi connectivity index (χ1) is 8.43. The van der Waals surface area contributed by atoms with Gasteiger partial charge in [0.15, 0.2) is 0 Å². The predicted molar refractivity (Wildman–Crippen MR) is 63.4 cm³/mol. The van der Waals surface area contributed by atoms with Crippen LogP contribution in [0.25, 0.3) is 0 Å². The van der Waals surface area contributed by atoms with E-state index < -0.39 is 25.0 Å². The highest BCUT2D eigenvalue weighted by molar-refractivity contribution is 5.81. The Bertz CT molecular complexity index is 503. The lowest BCUT2D eigenvalue weighted by atomic mass is 10.1. The van der Waals surface area contributed by atoms with Gasteiger partial charge in [-0.3, -0.25) is 9.59 Å². The highest BCUT2D eigenvalue weighted by Gasteiger charge is 2.17. The third-order valence-electron chi connectivity index (χ3n) is 2.27. The molecule has 18 heavy (non-hydrogen) atoms. The number of anilines is 1. The van der Waals surface area contributed by atoms with Crippen LogP contribution >= 0.6 is 0 Å². The van der Waals surface area contributed by atoms with Gasteiger partial charge in [-0.05, 0) is 24.6 Å². The summed E-state index contributed by atoms with van der Waals surface area (Å²) in [6, 6.07) is 6.78. The lowest BCUT2D eigenvalue weighted by Crippen LogP contribution is -2.35. The van der Waals surface area contributed by atoms with Crippen LogP contribution in [0.4, 0.5) is 5.69 Å². The second-order valence-corrected chi connectivity index (χ2v) is 3.78. The first-order valence-corrected chi connectivity index (χ1v) is 5.13. The van der Waals surface area contributed by atoms with E-state index in [0.717, 1.165) is 10.5 Å². The summed E-state index contributed by atoms with van der Waals surface area (Å²) in [5, 5.41) is 26.5. The van der Waals surface area contributed by atoms with E-state index in [1.54, 1.807) is 25.1 Å². The minimum atomic E-state index is -1.15. The number of carboxylic acid groups (broad SMARTS) is 2. The summed E-state index contributed by atoms with van der Waals surface area (Å²) in [5.74, 6) is -2.30. The first kappa shape index (κ1) is 13.5. The van der Waals surface area contributed by atoms with Gasteiger partial charge in [-0.15, -0.1) is 0 Å². The second-order valence-electron chi connectivity index (χ2n) is 3.78. The van der Waals surface area contributed by atoms with E-state index >= 15 is 0 Å². The van der Waals surface area contributed by atoms with Crippen LogP contribution in [0.15, 0.2) is 18.2 Å². The molecule has 0 spiro atoms. The second kappa shape index (κ2) is 5.68. The molecule has 0 saturated carbocycles. The fourth-order valence-corrected chi connectivity index (χ4v) is 1.55. The molecule has 2 N–H and O–H groups in total. The minimum absolute atomic E-state index is 0.253. The molecule has 1 rings (SSSR count). The van der Waals surface area contributed by atoms with E-state index in [4.69, 9.17) is 15.5 Å². The normalized spacial score (nSPS) is 9.56. The van der Waals surface area contributed by atoms with Crippen molar-refractivity contribution in [3.63, 3.8) is 0 Å². The van der Waals surface area contributed by atoms with Crippen molar-refractivity contribution in [3.8, 4) is 6.07 Å². The smallest absolute Gasteiger partial charge is 0.323 e. The molecular weight excluding hydrogens is 236 g/mol. The molecule has 0 heterocycles. The number of nitrogens with zero attached hydrogens (tertiary/aromatic N) is 2. The molecular formula is C12H12N2O4. The summed E-state index contributed by atoms with van der Waals surface area (Å²) in [5.41, 5.74) is 1.40. The fraction of sp³-hybridized carbons (Fsp3) is 0.250. The molecule has 0 amide bonds. The van der Waals surface area contributed by atoms with Gasteiger partial charge in [-0.25, -0.2) is 0 Å². The molecule has 0 aliphatic carbocycles. The predicted octanol–water partition coefficient (Wildman–Crippen LogP) is 0.842. The third kappa shape index (κ3) is 3.49. The number of hydrogen-bond acceptors (Lipinski definition) is 4. The van der Waals surface area contributed by atoms with Crippen LogP contribution in [0.5, 0.6) is 0 Å². The van der Waals surface area contributed by atoms with E-state index in [-0.39, 0.29) is 5.56 Å². The van der Waals surface area contributed by atoms with Gasteiger partial charge < -0.3 is 15.1 Å². The summed E-state index contributed by atoms with van der Waals surface area (Å²) in [6.07, 6.45) is 0. The summed E-state index contributed by atoms with van der Waals surface area (Å²) < 4.78 is 0. The Morgan fingerprint density at radius 3 is 2.28 bits per heavy atom. The van der Waals surface area contributed by atoms with E-state index in [9.17, 15) is 9.59 Å². The molecule has 6 nitrogen and oxygen atoms in total. The van der Waals surface area contributed by atoms with E-state index in [2.05, 4.69) is 0 Å². The maximum atomic E-state index is 10.7. The molecule has 6 heteroatoms. The number of carbonyl (C=O) groups is 2. The number of carboxylic acids is 2. The van der Waals surface area contributed by atoms with Crippen LogP contribution in [0.1, 0.15) is 11.1 Å². The van der Waals surface area contributed by atoms with Gasteiger partial charge in [0.25, 0.3) is 0 Å². The van der Waals surface area contributed by atoms with Crippen molar-refractivity contribution >= 4 is 17.6 Å². The minimum Gasteiger partial charge on any atom is -0.480 e. The first-order valence-electron chi connectivity index (χ1n) is 5.13. The molecule has 1 aromatic carbocycles. The van der Waals surface area contributed by atoms with Crippen molar-refractivity contribution < 1.29 is 19.8 Å². The third-order valence-corrected chi connectivity index (χ3v) is 2.27. The van der Waals surface area contributed by atoms with E-state index in [1.807, 2.05) is 6.07 Å². The number of benzene rings is 1. The topological polar surface area (TPSA) is 102 Å². The lowest BCUT2D eigenvalue weighted by molar-refractivity contribution is -0.136. The summed E-state index contributed by atoms with van der Waals surface area (Å²) in [7, 11) is 0. The van der Waals surface area contributed by atoms with Crippen LogP contribution in [0.2, 0.25) is 0 Å². The van der Waals surface area contributed by atoms with Gasteiger partial charge in [0, 0.05) is 0 Å². The number of hydrogen-bond donors (Lipinski definition) is 2. The van der Waals surface area contributed by atoms with Crippen LogP contribution in [0.3, 0.4) is 0 Å². The Labute approximate surface area is 104 Å². The quantitative estimate of drug-likeness (QED) is 0.800. The molecule has 0 atom stereocenters. The largest absolute Gasteiger partial charge is 0.480 e. The zero-order valence-electron chi connectivity index (χ0n) is 9.75. The molecule has 0 aliphatic heterocycles.